The van der Waals surface area contributed by atoms with Gasteiger partial charge in [0.15, 0.2) is 0 Å². The van der Waals surface area contributed by atoms with Crippen LogP contribution in [0.15, 0.2) is 48.5 Å². The quantitative estimate of drug-likeness (QED) is 0.569. The normalized spacial score (nSPS) is 15.6. The Bertz CT molecular complexity index is 1150. The first-order valence-electron chi connectivity index (χ1n) is 9.21. The average molecular weight is 394 g/mol. The van der Waals surface area contributed by atoms with E-state index in [0.717, 1.165) is 30.0 Å². The Morgan fingerprint density at radius 2 is 1.86 bits per heavy atom. The number of thiazole rings is 1. The molecule has 0 amide bonds. The smallest absolute Gasteiger partial charge is 0.230 e. The van der Waals surface area contributed by atoms with Crippen molar-refractivity contribution in [3.63, 3.8) is 0 Å². The molecule has 1 unspecified atom stereocenters. The van der Waals surface area contributed by atoms with Crippen molar-refractivity contribution in [3.05, 3.63) is 81.7 Å². The van der Waals surface area contributed by atoms with Gasteiger partial charge in [0.05, 0.1) is 10.9 Å². The van der Waals surface area contributed by atoms with Crippen LogP contribution < -0.4 is 0 Å². The third-order valence-corrected chi connectivity index (χ3v) is 6.34. The lowest BCUT2D eigenvalue weighted by atomic mass is 9.96. The number of aryl methyl sites for hydroxylation is 1. The van der Waals surface area contributed by atoms with Gasteiger partial charge in [0.1, 0.15) is 11.6 Å². The van der Waals surface area contributed by atoms with Gasteiger partial charge in [-0.3, -0.25) is 4.90 Å². The van der Waals surface area contributed by atoms with Crippen LogP contribution in [0.4, 0.5) is 4.39 Å². The highest BCUT2D eigenvalue weighted by atomic mass is 32.1. The SMILES string of the molecule is Cc1nc2sc(C(c3ccc(F)cc3)N3CCc4ccccc4C3)c(O)n2n1. The minimum atomic E-state index is -0.269. The molecule has 4 aromatic rings. The fourth-order valence-electron chi connectivity index (χ4n) is 3.94. The minimum Gasteiger partial charge on any atom is -0.492 e. The summed E-state index contributed by atoms with van der Waals surface area (Å²) < 4.78 is 15.0. The Morgan fingerprint density at radius 3 is 2.61 bits per heavy atom. The molecule has 1 N–H and O–H groups in total. The molecular weight excluding hydrogens is 375 g/mol. The summed E-state index contributed by atoms with van der Waals surface area (Å²) in [5.41, 5.74) is 3.59. The Kier molecular flexibility index (Phi) is 4.14. The first-order valence-corrected chi connectivity index (χ1v) is 10.0. The molecule has 7 heteroatoms. The number of aromatic hydroxyl groups is 1. The molecule has 1 aliphatic rings. The Hall–Kier alpha value is -2.77. The molecule has 0 radical (unpaired) electrons. The molecule has 3 heterocycles. The number of fused-ring (bicyclic) bond motifs is 2. The van der Waals surface area contributed by atoms with Crippen LogP contribution in [0, 0.1) is 12.7 Å². The molecule has 5 rings (SSSR count). The minimum absolute atomic E-state index is 0.105. The van der Waals surface area contributed by atoms with Gasteiger partial charge in [-0.25, -0.2) is 9.37 Å². The molecule has 0 saturated heterocycles. The van der Waals surface area contributed by atoms with Crippen molar-refractivity contribution < 1.29 is 9.50 Å². The molecule has 0 saturated carbocycles. The van der Waals surface area contributed by atoms with Gasteiger partial charge >= 0.3 is 0 Å². The molecule has 1 aliphatic heterocycles. The summed E-state index contributed by atoms with van der Waals surface area (Å²) in [5, 5.41) is 15.2. The van der Waals surface area contributed by atoms with Gasteiger partial charge in [-0.15, -0.1) is 5.10 Å². The Morgan fingerprint density at radius 1 is 1.11 bits per heavy atom. The molecule has 0 fully saturated rings. The summed E-state index contributed by atoms with van der Waals surface area (Å²) in [6.45, 7) is 3.42. The van der Waals surface area contributed by atoms with Gasteiger partial charge in [-0.1, -0.05) is 47.7 Å². The van der Waals surface area contributed by atoms with Crippen molar-refractivity contribution in [1.82, 2.24) is 19.5 Å². The predicted molar refractivity (Wildman–Crippen MR) is 106 cm³/mol. The standard InChI is InChI=1S/C21H19FN4OS/c1-13-23-21-26(24-13)20(27)19(28-21)18(15-6-8-17(22)9-7-15)25-11-10-14-4-2-3-5-16(14)12-25/h2-9,18,27H,10-12H2,1H3. The second-order valence-corrected chi connectivity index (χ2v) is 8.10. The van der Waals surface area contributed by atoms with Gasteiger partial charge in [0.2, 0.25) is 10.8 Å². The fraction of sp³-hybridized carbons (Fsp3) is 0.238. The number of hydrogen-bond acceptors (Lipinski definition) is 5. The van der Waals surface area contributed by atoms with Crippen LogP contribution in [0.1, 0.15) is 33.4 Å². The molecule has 5 nitrogen and oxygen atoms in total. The van der Waals surface area contributed by atoms with Crippen molar-refractivity contribution in [2.24, 2.45) is 0 Å². The first kappa shape index (κ1) is 17.3. The van der Waals surface area contributed by atoms with Crippen molar-refractivity contribution >= 4 is 16.3 Å². The number of rotatable bonds is 3. The zero-order valence-electron chi connectivity index (χ0n) is 15.3. The highest BCUT2D eigenvalue weighted by Gasteiger charge is 2.31. The summed E-state index contributed by atoms with van der Waals surface area (Å²) in [6.07, 6.45) is 0.939. The largest absolute Gasteiger partial charge is 0.492 e. The maximum Gasteiger partial charge on any atom is 0.230 e. The van der Waals surface area contributed by atoms with Crippen LogP contribution in [0.5, 0.6) is 5.88 Å². The molecule has 0 spiro atoms. The van der Waals surface area contributed by atoms with E-state index >= 15 is 0 Å². The summed E-state index contributed by atoms with van der Waals surface area (Å²) in [7, 11) is 0. The monoisotopic (exact) mass is 394 g/mol. The Balaban J connectivity index is 1.62. The van der Waals surface area contributed by atoms with E-state index in [1.807, 2.05) is 0 Å². The van der Waals surface area contributed by atoms with E-state index in [1.165, 1.54) is 39.1 Å². The van der Waals surface area contributed by atoms with Crippen molar-refractivity contribution in [2.45, 2.75) is 25.9 Å². The summed E-state index contributed by atoms with van der Waals surface area (Å²) in [4.78, 5) is 8.16. The zero-order valence-corrected chi connectivity index (χ0v) is 16.2. The molecule has 28 heavy (non-hydrogen) atoms. The van der Waals surface area contributed by atoms with E-state index < -0.39 is 0 Å². The second-order valence-electron chi connectivity index (χ2n) is 7.09. The van der Waals surface area contributed by atoms with Gasteiger partial charge in [-0.05, 0) is 42.2 Å². The average Bonchev–Trinajstić information content (AvgIpc) is 3.21. The molecule has 0 aliphatic carbocycles. The predicted octanol–water partition coefficient (Wildman–Crippen LogP) is 4.09. The topological polar surface area (TPSA) is 53.7 Å². The van der Waals surface area contributed by atoms with Crippen LogP contribution in [-0.2, 0) is 13.0 Å². The van der Waals surface area contributed by atoms with Crippen LogP contribution in [0.3, 0.4) is 0 Å². The fourth-order valence-corrected chi connectivity index (χ4v) is 5.10. The van der Waals surface area contributed by atoms with Crippen LogP contribution >= 0.6 is 11.3 Å². The second kappa shape index (κ2) is 6.68. The molecule has 142 valence electrons. The molecule has 0 bridgehead atoms. The maximum atomic E-state index is 13.5. The van der Waals surface area contributed by atoms with Crippen molar-refractivity contribution in [2.75, 3.05) is 6.54 Å². The first-order chi connectivity index (χ1) is 13.6. The van der Waals surface area contributed by atoms with Crippen molar-refractivity contribution in [3.8, 4) is 5.88 Å². The van der Waals surface area contributed by atoms with E-state index in [4.69, 9.17) is 0 Å². The summed E-state index contributed by atoms with van der Waals surface area (Å²) >= 11 is 1.43. The number of aromatic nitrogens is 3. The van der Waals surface area contributed by atoms with Crippen molar-refractivity contribution in [1.29, 1.82) is 0 Å². The van der Waals surface area contributed by atoms with Crippen LogP contribution in [0.2, 0.25) is 0 Å². The van der Waals surface area contributed by atoms with Gasteiger partial charge in [0, 0.05) is 13.1 Å². The maximum absolute atomic E-state index is 13.5. The molecule has 2 aromatic carbocycles. The third kappa shape index (κ3) is 2.87. The van der Waals surface area contributed by atoms with Crippen LogP contribution in [0.25, 0.3) is 4.96 Å². The van der Waals surface area contributed by atoms with E-state index in [0.29, 0.717) is 10.8 Å². The van der Waals surface area contributed by atoms with E-state index in [9.17, 15) is 9.50 Å². The number of nitrogens with zero attached hydrogens (tertiary/aromatic N) is 4. The molecule has 1 atom stereocenters. The highest BCUT2D eigenvalue weighted by Crippen LogP contribution is 2.41. The highest BCUT2D eigenvalue weighted by molar-refractivity contribution is 7.17. The van der Waals surface area contributed by atoms with E-state index in [-0.39, 0.29) is 17.7 Å². The summed E-state index contributed by atoms with van der Waals surface area (Å²) in [5.74, 6) is 0.459. The van der Waals surface area contributed by atoms with E-state index in [1.54, 1.807) is 19.1 Å². The lowest BCUT2D eigenvalue weighted by Gasteiger charge is -2.35. The third-order valence-electron chi connectivity index (χ3n) is 5.27. The van der Waals surface area contributed by atoms with E-state index in [2.05, 4.69) is 39.2 Å². The number of benzene rings is 2. The molecule has 2 aromatic heterocycles. The van der Waals surface area contributed by atoms with Gasteiger partial charge in [0.25, 0.3) is 0 Å². The summed E-state index contributed by atoms with van der Waals surface area (Å²) in [6, 6.07) is 14.8. The number of halogens is 1. The van der Waals surface area contributed by atoms with Gasteiger partial charge in [-0.2, -0.15) is 4.52 Å². The molecular formula is C21H19FN4OS. The van der Waals surface area contributed by atoms with Crippen LogP contribution in [-0.4, -0.2) is 31.1 Å². The lowest BCUT2D eigenvalue weighted by molar-refractivity contribution is 0.205. The van der Waals surface area contributed by atoms with Gasteiger partial charge < -0.3 is 5.11 Å². The number of hydrogen-bond donors (Lipinski definition) is 1. The lowest BCUT2D eigenvalue weighted by Crippen LogP contribution is -2.34. The zero-order chi connectivity index (χ0) is 19.3. The Labute approximate surface area is 165 Å².